The molecule has 1 aromatic heterocycles. The molecule has 0 fully saturated rings. The third-order valence-electron chi connectivity index (χ3n) is 2.26. The Morgan fingerprint density at radius 3 is 2.67 bits per heavy atom. The standard InChI is InChI=1S/C11H20N4O3/c1-11(2,3)18-7-6-15-8(4-5-12)9(10(16)17)13-14-15/h4-7,12H2,1-3H3,(H,16,17). The van der Waals surface area contributed by atoms with Gasteiger partial charge < -0.3 is 15.6 Å². The van der Waals surface area contributed by atoms with Crippen LogP contribution in [0.25, 0.3) is 0 Å². The summed E-state index contributed by atoms with van der Waals surface area (Å²) in [7, 11) is 0. The van der Waals surface area contributed by atoms with Crippen molar-refractivity contribution in [2.75, 3.05) is 13.2 Å². The molecule has 1 rings (SSSR count). The van der Waals surface area contributed by atoms with Crippen molar-refractivity contribution in [2.24, 2.45) is 5.73 Å². The second kappa shape index (κ2) is 5.92. The van der Waals surface area contributed by atoms with E-state index in [9.17, 15) is 4.79 Å². The Hall–Kier alpha value is -1.47. The average molecular weight is 256 g/mol. The van der Waals surface area contributed by atoms with Crippen molar-refractivity contribution in [3.63, 3.8) is 0 Å². The van der Waals surface area contributed by atoms with Gasteiger partial charge in [-0.05, 0) is 27.3 Å². The normalized spacial score (nSPS) is 11.8. The lowest BCUT2D eigenvalue weighted by atomic mass is 10.2. The van der Waals surface area contributed by atoms with Crippen molar-refractivity contribution in [1.82, 2.24) is 15.0 Å². The molecular weight excluding hydrogens is 236 g/mol. The van der Waals surface area contributed by atoms with Crippen LogP contribution in [0.3, 0.4) is 0 Å². The number of carboxylic acid groups (broad SMARTS) is 1. The highest BCUT2D eigenvalue weighted by Crippen LogP contribution is 2.09. The predicted octanol–water partition coefficient (Wildman–Crippen LogP) is 0.293. The van der Waals surface area contributed by atoms with Crippen molar-refractivity contribution in [3.8, 4) is 0 Å². The van der Waals surface area contributed by atoms with Crippen molar-refractivity contribution in [1.29, 1.82) is 0 Å². The molecular formula is C11H20N4O3. The Kier molecular flexibility index (Phi) is 4.80. The molecule has 18 heavy (non-hydrogen) atoms. The minimum absolute atomic E-state index is 0.0313. The molecule has 0 aliphatic rings. The molecule has 0 unspecified atom stereocenters. The second-order valence-electron chi connectivity index (χ2n) is 4.91. The van der Waals surface area contributed by atoms with Gasteiger partial charge in [0.2, 0.25) is 0 Å². The third-order valence-corrected chi connectivity index (χ3v) is 2.26. The average Bonchev–Trinajstić information content (AvgIpc) is 2.60. The molecule has 1 aromatic rings. The first kappa shape index (κ1) is 14.6. The first-order chi connectivity index (χ1) is 8.35. The van der Waals surface area contributed by atoms with Gasteiger partial charge in [-0.3, -0.25) is 0 Å². The highest BCUT2D eigenvalue weighted by atomic mass is 16.5. The molecule has 0 radical (unpaired) electrons. The largest absolute Gasteiger partial charge is 0.476 e. The number of aromatic nitrogens is 3. The fourth-order valence-corrected chi connectivity index (χ4v) is 1.50. The molecule has 3 N–H and O–H groups in total. The summed E-state index contributed by atoms with van der Waals surface area (Å²) < 4.78 is 7.11. The highest BCUT2D eigenvalue weighted by molar-refractivity contribution is 5.86. The smallest absolute Gasteiger partial charge is 0.358 e. The van der Waals surface area contributed by atoms with Gasteiger partial charge in [-0.2, -0.15) is 0 Å². The van der Waals surface area contributed by atoms with E-state index in [1.807, 2.05) is 20.8 Å². The summed E-state index contributed by atoms with van der Waals surface area (Å²) in [5.41, 5.74) is 5.74. The van der Waals surface area contributed by atoms with E-state index in [-0.39, 0.29) is 11.3 Å². The van der Waals surface area contributed by atoms with Crippen molar-refractivity contribution in [3.05, 3.63) is 11.4 Å². The van der Waals surface area contributed by atoms with Gasteiger partial charge in [0.05, 0.1) is 24.4 Å². The fraction of sp³-hybridized carbons (Fsp3) is 0.727. The Morgan fingerprint density at radius 2 is 2.17 bits per heavy atom. The van der Waals surface area contributed by atoms with Crippen LogP contribution in [0.2, 0.25) is 0 Å². The van der Waals surface area contributed by atoms with Crippen LogP contribution in [0.1, 0.15) is 37.0 Å². The zero-order valence-electron chi connectivity index (χ0n) is 11.0. The number of aromatic carboxylic acids is 1. The number of carbonyl (C=O) groups is 1. The van der Waals surface area contributed by atoms with E-state index in [0.29, 0.717) is 31.8 Å². The summed E-state index contributed by atoms with van der Waals surface area (Å²) in [6, 6.07) is 0. The molecule has 7 heteroatoms. The first-order valence-electron chi connectivity index (χ1n) is 5.85. The monoisotopic (exact) mass is 256 g/mol. The molecule has 0 amide bonds. The molecule has 0 saturated heterocycles. The van der Waals surface area contributed by atoms with Crippen LogP contribution in [-0.2, 0) is 17.7 Å². The summed E-state index contributed by atoms with van der Waals surface area (Å²) in [5.74, 6) is -1.08. The Labute approximate surface area is 106 Å². The third kappa shape index (κ3) is 4.08. The van der Waals surface area contributed by atoms with Crippen LogP contribution in [0.5, 0.6) is 0 Å². The van der Waals surface area contributed by atoms with Gasteiger partial charge in [-0.1, -0.05) is 5.21 Å². The molecule has 0 spiro atoms. The number of ether oxygens (including phenoxy) is 1. The summed E-state index contributed by atoms with van der Waals surface area (Å²) in [4.78, 5) is 11.0. The van der Waals surface area contributed by atoms with E-state index in [4.69, 9.17) is 15.6 Å². The van der Waals surface area contributed by atoms with E-state index in [1.54, 1.807) is 4.68 Å². The Bertz CT molecular complexity index is 409. The predicted molar refractivity (Wildman–Crippen MR) is 65.4 cm³/mol. The minimum Gasteiger partial charge on any atom is -0.476 e. The van der Waals surface area contributed by atoms with Crippen molar-refractivity contribution in [2.45, 2.75) is 39.3 Å². The first-order valence-corrected chi connectivity index (χ1v) is 5.85. The molecule has 1 heterocycles. The number of carboxylic acids is 1. The lowest BCUT2D eigenvalue weighted by Gasteiger charge is -2.19. The van der Waals surface area contributed by atoms with Crippen LogP contribution in [0.15, 0.2) is 0 Å². The molecule has 0 aliphatic heterocycles. The summed E-state index contributed by atoms with van der Waals surface area (Å²) in [5, 5.41) is 16.4. The maximum atomic E-state index is 11.0. The van der Waals surface area contributed by atoms with Gasteiger partial charge in [0.1, 0.15) is 0 Å². The van der Waals surface area contributed by atoms with Crippen molar-refractivity contribution >= 4 is 5.97 Å². The second-order valence-corrected chi connectivity index (χ2v) is 4.91. The van der Waals surface area contributed by atoms with E-state index in [1.165, 1.54) is 0 Å². The molecule has 7 nitrogen and oxygen atoms in total. The lowest BCUT2D eigenvalue weighted by molar-refractivity contribution is -0.00832. The Morgan fingerprint density at radius 1 is 1.50 bits per heavy atom. The van der Waals surface area contributed by atoms with E-state index in [0.717, 1.165) is 0 Å². The zero-order valence-corrected chi connectivity index (χ0v) is 11.0. The number of hydrogen-bond acceptors (Lipinski definition) is 5. The maximum absolute atomic E-state index is 11.0. The number of nitrogens with two attached hydrogens (primary N) is 1. The van der Waals surface area contributed by atoms with Crippen molar-refractivity contribution < 1.29 is 14.6 Å². The molecule has 0 bridgehead atoms. The van der Waals surface area contributed by atoms with Gasteiger partial charge in [-0.25, -0.2) is 9.48 Å². The molecule has 0 atom stereocenters. The van der Waals surface area contributed by atoms with E-state index in [2.05, 4.69) is 10.3 Å². The minimum atomic E-state index is -1.08. The van der Waals surface area contributed by atoms with Crippen LogP contribution < -0.4 is 5.73 Å². The highest BCUT2D eigenvalue weighted by Gasteiger charge is 2.18. The van der Waals surface area contributed by atoms with Gasteiger partial charge >= 0.3 is 5.97 Å². The van der Waals surface area contributed by atoms with E-state index >= 15 is 0 Å². The van der Waals surface area contributed by atoms with Gasteiger partial charge in [0, 0.05) is 6.42 Å². The van der Waals surface area contributed by atoms with Crippen LogP contribution >= 0.6 is 0 Å². The van der Waals surface area contributed by atoms with Crippen LogP contribution in [0, 0.1) is 0 Å². The van der Waals surface area contributed by atoms with Crippen LogP contribution in [0.4, 0.5) is 0 Å². The topological polar surface area (TPSA) is 103 Å². The zero-order chi connectivity index (χ0) is 13.8. The summed E-state index contributed by atoms with van der Waals surface area (Å²) in [6.07, 6.45) is 0.435. The lowest BCUT2D eigenvalue weighted by Crippen LogP contribution is -2.23. The Balaban J connectivity index is 2.73. The molecule has 0 aliphatic carbocycles. The number of rotatable bonds is 6. The van der Waals surface area contributed by atoms with Gasteiger partial charge in [0.25, 0.3) is 0 Å². The van der Waals surface area contributed by atoms with Crippen LogP contribution in [-0.4, -0.2) is 44.8 Å². The number of hydrogen-bond donors (Lipinski definition) is 2. The quantitative estimate of drug-likeness (QED) is 0.758. The maximum Gasteiger partial charge on any atom is 0.358 e. The number of nitrogens with zero attached hydrogens (tertiary/aromatic N) is 3. The summed E-state index contributed by atoms with van der Waals surface area (Å²) in [6.45, 7) is 7.14. The van der Waals surface area contributed by atoms with E-state index < -0.39 is 5.97 Å². The van der Waals surface area contributed by atoms with Gasteiger partial charge in [0.15, 0.2) is 5.69 Å². The SMILES string of the molecule is CC(C)(C)OCCn1nnc(C(=O)O)c1CCN. The van der Waals surface area contributed by atoms with Gasteiger partial charge in [-0.15, -0.1) is 5.10 Å². The molecule has 102 valence electrons. The fourth-order valence-electron chi connectivity index (χ4n) is 1.50. The summed E-state index contributed by atoms with van der Waals surface area (Å²) >= 11 is 0. The molecule has 0 aromatic carbocycles. The molecule has 0 saturated carbocycles.